The molecule has 1 aliphatic carbocycles. The van der Waals surface area contributed by atoms with Crippen molar-refractivity contribution in [2.75, 3.05) is 7.11 Å². The highest BCUT2D eigenvalue weighted by atomic mass is 16.5. The van der Waals surface area contributed by atoms with E-state index in [1.165, 1.54) is 6.08 Å². The van der Waals surface area contributed by atoms with Gasteiger partial charge in [-0.1, -0.05) is 24.3 Å². The molecule has 0 aliphatic heterocycles. The van der Waals surface area contributed by atoms with Crippen LogP contribution in [0.3, 0.4) is 0 Å². The van der Waals surface area contributed by atoms with Gasteiger partial charge in [-0.3, -0.25) is 9.59 Å². The van der Waals surface area contributed by atoms with Crippen molar-refractivity contribution < 1.29 is 19.4 Å². The fourth-order valence-corrected chi connectivity index (χ4v) is 2.14. The van der Waals surface area contributed by atoms with Gasteiger partial charge in [0.2, 0.25) is 5.91 Å². The van der Waals surface area contributed by atoms with Crippen LogP contribution in [0.15, 0.2) is 42.5 Å². The van der Waals surface area contributed by atoms with Gasteiger partial charge in [0.25, 0.3) is 0 Å². The molecule has 1 amide bonds. The first-order valence-corrected chi connectivity index (χ1v) is 6.62. The number of hydrogen-bond acceptors (Lipinski definition) is 3. The number of nitrogens with one attached hydrogen (secondary N) is 1. The van der Waals surface area contributed by atoms with Gasteiger partial charge in [0.05, 0.1) is 13.0 Å². The SMILES string of the molecule is COc1cccc(C=CC(=O)NC2C=CC(C(=O)O)C2)c1. The van der Waals surface area contributed by atoms with E-state index in [4.69, 9.17) is 9.84 Å². The minimum atomic E-state index is -0.866. The molecule has 1 aromatic carbocycles. The van der Waals surface area contributed by atoms with E-state index in [2.05, 4.69) is 5.32 Å². The van der Waals surface area contributed by atoms with Gasteiger partial charge in [0.1, 0.15) is 5.75 Å². The highest BCUT2D eigenvalue weighted by molar-refractivity contribution is 5.92. The summed E-state index contributed by atoms with van der Waals surface area (Å²) in [4.78, 5) is 22.6. The molecule has 1 aliphatic rings. The van der Waals surface area contributed by atoms with Gasteiger partial charge in [0.15, 0.2) is 0 Å². The minimum Gasteiger partial charge on any atom is -0.497 e. The number of hydrogen-bond donors (Lipinski definition) is 2. The van der Waals surface area contributed by atoms with Gasteiger partial charge in [-0.05, 0) is 30.2 Å². The van der Waals surface area contributed by atoms with Crippen LogP contribution >= 0.6 is 0 Å². The summed E-state index contributed by atoms with van der Waals surface area (Å²) in [6.07, 6.45) is 6.84. The number of benzene rings is 1. The average Bonchev–Trinajstić information content (AvgIpc) is 2.94. The number of amides is 1. The van der Waals surface area contributed by atoms with E-state index in [-0.39, 0.29) is 11.9 Å². The van der Waals surface area contributed by atoms with E-state index >= 15 is 0 Å². The monoisotopic (exact) mass is 287 g/mol. The van der Waals surface area contributed by atoms with E-state index in [9.17, 15) is 9.59 Å². The van der Waals surface area contributed by atoms with Crippen molar-refractivity contribution in [2.24, 2.45) is 5.92 Å². The van der Waals surface area contributed by atoms with Crippen LogP contribution < -0.4 is 10.1 Å². The third-order valence-electron chi connectivity index (χ3n) is 3.25. The average molecular weight is 287 g/mol. The van der Waals surface area contributed by atoms with Gasteiger partial charge in [-0.25, -0.2) is 0 Å². The number of methoxy groups -OCH3 is 1. The van der Waals surface area contributed by atoms with Crippen molar-refractivity contribution in [3.05, 3.63) is 48.1 Å². The molecular formula is C16H17NO4. The highest BCUT2D eigenvalue weighted by Crippen LogP contribution is 2.18. The summed E-state index contributed by atoms with van der Waals surface area (Å²) in [5.74, 6) is -0.910. The Kier molecular flexibility index (Phi) is 4.77. The second kappa shape index (κ2) is 6.74. The van der Waals surface area contributed by atoms with Crippen molar-refractivity contribution >= 4 is 18.0 Å². The van der Waals surface area contributed by atoms with Crippen molar-refractivity contribution in [3.8, 4) is 5.75 Å². The maximum atomic E-state index is 11.8. The summed E-state index contributed by atoms with van der Waals surface area (Å²) < 4.78 is 5.10. The summed E-state index contributed by atoms with van der Waals surface area (Å²) in [7, 11) is 1.58. The fourth-order valence-electron chi connectivity index (χ4n) is 2.14. The summed E-state index contributed by atoms with van der Waals surface area (Å²) in [6, 6.07) is 7.12. The molecular weight excluding hydrogens is 270 g/mol. The Hall–Kier alpha value is -2.56. The van der Waals surface area contributed by atoms with Crippen LogP contribution in [0.1, 0.15) is 12.0 Å². The molecule has 0 spiro atoms. The molecule has 0 fully saturated rings. The molecule has 2 N–H and O–H groups in total. The normalized spacial score (nSPS) is 20.6. The molecule has 0 saturated heterocycles. The summed E-state index contributed by atoms with van der Waals surface area (Å²) in [5, 5.41) is 11.6. The fraction of sp³-hybridized carbons (Fsp3) is 0.250. The molecule has 5 heteroatoms. The Morgan fingerprint density at radius 1 is 1.38 bits per heavy atom. The van der Waals surface area contributed by atoms with Crippen molar-refractivity contribution in [1.82, 2.24) is 5.32 Å². The molecule has 21 heavy (non-hydrogen) atoms. The first kappa shape index (κ1) is 14.8. The summed E-state index contributed by atoms with van der Waals surface area (Å²) in [6.45, 7) is 0. The second-order valence-electron chi connectivity index (χ2n) is 4.79. The smallest absolute Gasteiger partial charge is 0.310 e. The van der Waals surface area contributed by atoms with Gasteiger partial charge in [-0.2, -0.15) is 0 Å². The van der Waals surface area contributed by atoms with Crippen LogP contribution in [0.2, 0.25) is 0 Å². The van der Waals surface area contributed by atoms with E-state index in [1.807, 2.05) is 24.3 Å². The number of carboxylic acid groups (broad SMARTS) is 1. The molecule has 5 nitrogen and oxygen atoms in total. The molecule has 1 aromatic rings. The van der Waals surface area contributed by atoms with Crippen LogP contribution in [0.25, 0.3) is 6.08 Å². The Bertz CT molecular complexity index is 592. The molecule has 2 atom stereocenters. The Balaban J connectivity index is 1.89. The largest absolute Gasteiger partial charge is 0.497 e. The molecule has 110 valence electrons. The van der Waals surface area contributed by atoms with Crippen molar-refractivity contribution in [2.45, 2.75) is 12.5 Å². The molecule has 2 rings (SSSR count). The van der Waals surface area contributed by atoms with Crippen LogP contribution in [-0.4, -0.2) is 30.1 Å². The molecule has 2 unspecified atom stereocenters. The quantitative estimate of drug-likeness (QED) is 0.640. The minimum absolute atomic E-state index is 0.228. The number of carbonyl (C=O) groups is 2. The Morgan fingerprint density at radius 2 is 2.19 bits per heavy atom. The first-order chi connectivity index (χ1) is 10.1. The van der Waals surface area contributed by atoms with Crippen LogP contribution in [0.4, 0.5) is 0 Å². The molecule has 0 aromatic heterocycles. The number of aliphatic carboxylic acids is 1. The topological polar surface area (TPSA) is 75.6 Å². The zero-order valence-electron chi connectivity index (χ0n) is 11.7. The zero-order chi connectivity index (χ0) is 15.2. The molecule has 0 bridgehead atoms. The predicted molar refractivity (Wildman–Crippen MR) is 78.8 cm³/mol. The van der Waals surface area contributed by atoms with Gasteiger partial charge < -0.3 is 15.2 Å². The third kappa shape index (κ3) is 4.21. The number of ether oxygens (including phenoxy) is 1. The molecule has 0 radical (unpaired) electrons. The van der Waals surface area contributed by atoms with Crippen LogP contribution in [0, 0.1) is 5.92 Å². The first-order valence-electron chi connectivity index (χ1n) is 6.62. The number of carboxylic acids is 1. The maximum absolute atomic E-state index is 11.8. The van der Waals surface area contributed by atoms with Crippen molar-refractivity contribution in [1.29, 1.82) is 0 Å². The Morgan fingerprint density at radius 3 is 2.86 bits per heavy atom. The third-order valence-corrected chi connectivity index (χ3v) is 3.25. The maximum Gasteiger partial charge on any atom is 0.310 e. The molecule has 0 saturated carbocycles. The van der Waals surface area contributed by atoms with Gasteiger partial charge >= 0.3 is 5.97 Å². The van der Waals surface area contributed by atoms with Gasteiger partial charge in [0, 0.05) is 12.1 Å². The van der Waals surface area contributed by atoms with Gasteiger partial charge in [-0.15, -0.1) is 0 Å². The number of rotatable bonds is 5. The summed E-state index contributed by atoms with van der Waals surface area (Å²) >= 11 is 0. The van der Waals surface area contributed by atoms with Crippen LogP contribution in [-0.2, 0) is 9.59 Å². The van der Waals surface area contributed by atoms with E-state index in [0.717, 1.165) is 11.3 Å². The summed E-state index contributed by atoms with van der Waals surface area (Å²) in [5.41, 5.74) is 0.856. The standard InChI is InChI=1S/C16H17NO4/c1-21-14-4-2-3-11(9-14)5-8-15(18)17-13-7-6-12(10-13)16(19)20/h2-9,12-13H,10H2,1H3,(H,17,18)(H,19,20). The van der Waals surface area contributed by atoms with Crippen molar-refractivity contribution in [3.63, 3.8) is 0 Å². The van der Waals surface area contributed by atoms with E-state index < -0.39 is 11.9 Å². The second-order valence-corrected chi connectivity index (χ2v) is 4.79. The lowest BCUT2D eigenvalue weighted by molar-refractivity contribution is -0.140. The lowest BCUT2D eigenvalue weighted by Gasteiger charge is -2.10. The lowest BCUT2D eigenvalue weighted by Crippen LogP contribution is -2.31. The van der Waals surface area contributed by atoms with E-state index in [1.54, 1.807) is 25.3 Å². The molecule has 0 heterocycles. The predicted octanol–water partition coefficient (Wildman–Crippen LogP) is 1.85. The Labute approximate surface area is 122 Å². The zero-order valence-corrected chi connectivity index (χ0v) is 11.7. The van der Waals surface area contributed by atoms with E-state index in [0.29, 0.717) is 6.42 Å². The highest BCUT2D eigenvalue weighted by Gasteiger charge is 2.24. The van der Waals surface area contributed by atoms with Crippen LogP contribution in [0.5, 0.6) is 5.75 Å². The lowest BCUT2D eigenvalue weighted by atomic mass is 10.1. The number of carbonyl (C=O) groups excluding carboxylic acids is 1.